The van der Waals surface area contributed by atoms with Crippen molar-refractivity contribution >= 4 is 27.9 Å². The number of rotatable bonds is 2. The van der Waals surface area contributed by atoms with E-state index in [1.54, 1.807) is 0 Å². The monoisotopic (exact) mass is 253 g/mol. The predicted molar refractivity (Wildman–Crippen MR) is 72.5 cm³/mol. The lowest BCUT2D eigenvalue weighted by Gasteiger charge is -2.20. The number of hydrogen-bond acceptors (Lipinski definition) is 4. The molecule has 1 aromatic heterocycles. The summed E-state index contributed by atoms with van der Waals surface area (Å²) >= 11 is 1.41. The summed E-state index contributed by atoms with van der Waals surface area (Å²) < 4.78 is 0. The van der Waals surface area contributed by atoms with E-state index in [1.807, 2.05) is 6.07 Å². The lowest BCUT2D eigenvalue weighted by Crippen LogP contribution is -2.23. The van der Waals surface area contributed by atoms with E-state index in [-0.39, 0.29) is 0 Å². The summed E-state index contributed by atoms with van der Waals surface area (Å²) in [4.78, 5) is 14.0. The van der Waals surface area contributed by atoms with Gasteiger partial charge in [-0.05, 0) is 31.2 Å². The van der Waals surface area contributed by atoms with E-state index in [9.17, 15) is 4.79 Å². The predicted octanol–water partition coefficient (Wildman–Crippen LogP) is 2.06. The maximum absolute atomic E-state index is 11.2. The maximum Gasteiger partial charge on any atom is 0.260 e. The Morgan fingerprint density at radius 1 is 1.47 bits per heavy atom. The van der Waals surface area contributed by atoms with Crippen LogP contribution in [0.5, 0.6) is 0 Å². The minimum absolute atomic E-state index is 0.429. The molecule has 0 spiro atoms. The zero-order valence-corrected chi connectivity index (χ0v) is 10.9. The van der Waals surface area contributed by atoms with Gasteiger partial charge in [0, 0.05) is 13.1 Å². The van der Waals surface area contributed by atoms with Gasteiger partial charge in [0.2, 0.25) is 0 Å². The highest BCUT2D eigenvalue weighted by atomic mass is 32.1. The van der Waals surface area contributed by atoms with Crippen molar-refractivity contribution in [3.63, 3.8) is 0 Å². The summed E-state index contributed by atoms with van der Waals surface area (Å²) in [6.07, 6.45) is 3.68. The Balaban J connectivity index is 2.16. The first-order chi connectivity index (χ1) is 8.08. The molecule has 1 saturated heterocycles. The highest BCUT2D eigenvalue weighted by Gasteiger charge is 2.18. The molecule has 0 saturated carbocycles. The number of carbonyl (C=O) groups is 1. The van der Waals surface area contributed by atoms with Gasteiger partial charge < -0.3 is 16.4 Å². The summed E-state index contributed by atoms with van der Waals surface area (Å²) in [6, 6.07) is 1.88. The zero-order valence-electron chi connectivity index (χ0n) is 10.1. The number of anilines is 2. The molecule has 2 rings (SSSR count). The molecule has 94 valence electrons. The van der Waals surface area contributed by atoms with Gasteiger partial charge >= 0.3 is 0 Å². The van der Waals surface area contributed by atoms with Crippen molar-refractivity contribution in [2.24, 2.45) is 11.7 Å². The minimum Gasteiger partial charge on any atom is -0.397 e. The molecule has 0 aromatic carbocycles. The standard InChI is InChI=1S/C12H19N3OS/c1-8-3-2-5-15(6-4-8)10-7-9(13)11(17-10)12(14)16/h7-8H,2-6,13H2,1H3,(H2,14,16). The number of nitrogens with zero attached hydrogens (tertiary/aromatic N) is 1. The normalized spacial score (nSPS) is 21.2. The minimum atomic E-state index is -0.429. The summed E-state index contributed by atoms with van der Waals surface area (Å²) in [5.74, 6) is 0.356. The van der Waals surface area contributed by atoms with Crippen molar-refractivity contribution in [1.29, 1.82) is 0 Å². The number of nitrogens with two attached hydrogens (primary N) is 2. The van der Waals surface area contributed by atoms with Crippen LogP contribution in [0.3, 0.4) is 0 Å². The van der Waals surface area contributed by atoms with Gasteiger partial charge in [0.15, 0.2) is 0 Å². The Morgan fingerprint density at radius 2 is 2.24 bits per heavy atom. The van der Waals surface area contributed by atoms with Gasteiger partial charge in [-0.1, -0.05) is 6.92 Å². The van der Waals surface area contributed by atoms with Crippen molar-refractivity contribution in [2.45, 2.75) is 26.2 Å². The van der Waals surface area contributed by atoms with Gasteiger partial charge in [-0.15, -0.1) is 11.3 Å². The molecule has 2 heterocycles. The van der Waals surface area contributed by atoms with Crippen molar-refractivity contribution in [1.82, 2.24) is 0 Å². The molecular formula is C12H19N3OS. The summed E-state index contributed by atoms with van der Waals surface area (Å²) in [6.45, 7) is 4.38. The molecule has 17 heavy (non-hydrogen) atoms. The Hall–Kier alpha value is -1.23. The second kappa shape index (κ2) is 4.96. The smallest absolute Gasteiger partial charge is 0.260 e. The third-order valence-corrected chi connectivity index (χ3v) is 4.53. The van der Waals surface area contributed by atoms with Crippen LogP contribution in [0.2, 0.25) is 0 Å². The fourth-order valence-electron chi connectivity index (χ4n) is 2.22. The van der Waals surface area contributed by atoms with Gasteiger partial charge in [0.1, 0.15) is 4.88 Å². The van der Waals surface area contributed by atoms with Crippen LogP contribution in [0.15, 0.2) is 6.07 Å². The molecule has 0 radical (unpaired) electrons. The molecule has 1 aromatic rings. The first-order valence-electron chi connectivity index (χ1n) is 6.02. The van der Waals surface area contributed by atoms with Crippen molar-refractivity contribution < 1.29 is 4.79 Å². The third kappa shape index (κ3) is 2.72. The Labute approximate surface area is 106 Å². The second-order valence-electron chi connectivity index (χ2n) is 4.76. The molecule has 0 aliphatic carbocycles. The number of carbonyl (C=O) groups excluding carboxylic acids is 1. The molecule has 1 fully saturated rings. The maximum atomic E-state index is 11.2. The Kier molecular flexibility index (Phi) is 3.57. The molecule has 4 nitrogen and oxygen atoms in total. The van der Waals surface area contributed by atoms with Crippen LogP contribution in [0, 0.1) is 5.92 Å². The molecule has 5 heteroatoms. The molecule has 1 atom stereocenters. The van der Waals surface area contributed by atoms with Crippen LogP contribution >= 0.6 is 11.3 Å². The first-order valence-corrected chi connectivity index (χ1v) is 6.83. The number of primary amides is 1. The number of thiophene rings is 1. The van der Waals surface area contributed by atoms with Gasteiger partial charge in [0.05, 0.1) is 10.7 Å². The largest absolute Gasteiger partial charge is 0.397 e. The van der Waals surface area contributed by atoms with Crippen molar-refractivity contribution in [3.8, 4) is 0 Å². The molecule has 1 aliphatic rings. The average Bonchev–Trinajstić information content (AvgIpc) is 2.52. The van der Waals surface area contributed by atoms with E-state index in [1.165, 1.54) is 30.6 Å². The molecule has 1 unspecified atom stereocenters. The van der Waals surface area contributed by atoms with Crippen LogP contribution < -0.4 is 16.4 Å². The van der Waals surface area contributed by atoms with E-state index >= 15 is 0 Å². The van der Waals surface area contributed by atoms with Gasteiger partial charge in [-0.25, -0.2) is 0 Å². The topological polar surface area (TPSA) is 72.3 Å². The molecule has 1 amide bonds. The van der Waals surface area contributed by atoms with Crippen LogP contribution in [0.1, 0.15) is 35.9 Å². The van der Waals surface area contributed by atoms with Crippen molar-refractivity contribution in [3.05, 3.63) is 10.9 Å². The van der Waals surface area contributed by atoms with Crippen molar-refractivity contribution in [2.75, 3.05) is 23.7 Å². The van der Waals surface area contributed by atoms with E-state index in [0.717, 1.165) is 24.0 Å². The Bertz CT molecular complexity index is 416. The van der Waals surface area contributed by atoms with Gasteiger partial charge in [0.25, 0.3) is 5.91 Å². The van der Waals surface area contributed by atoms with Crippen LogP contribution in [-0.2, 0) is 0 Å². The quantitative estimate of drug-likeness (QED) is 0.847. The van der Waals surface area contributed by atoms with Crippen LogP contribution in [0.4, 0.5) is 10.7 Å². The lowest BCUT2D eigenvalue weighted by molar-refractivity contribution is 0.100. The number of nitrogen functional groups attached to an aromatic ring is 1. The number of hydrogen-bond donors (Lipinski definition) is 2. The Morgan fingerprint density at radius 3 is 2.88 bits per heavy atom. The van der Waals surface area contributed by atoms with E-state index in [2.05, 4.69) is 11.8 Å². The third-order valence-electron chi connectivity index (χ3n) is 3.30. The van der Waals surface area contributed by atoms with E-state index < -0.39 is 5.91 Å². The number of amides is 1. The molecule has 0 bridgehead atoms. The SMILES string of the molecule is CC1CCCN(c2cc(N)c(C(N)=O)s2)CC1. The van der Waals surface area contributed by atoms with E-state index in [4.69, 9.17) is 11.5 Å². The highest BCUT2D eigenvalue weighted by Crippen LogP contribution is 2.33. The summed E-state index contributed by atoms with van der Waals surface area (Å²) in [5.41, 5.74) is 11.6. The molecule has 4 N–H and O–H groups in total. The fourth-order valence-corrected chi connectivity index (χ4v) is 3.21. The zero-order chi connectivity index (χ0) is 12.4. The van der Waals surface area contributed by atoms with E-state index in [0.29, 0.717) is 10.6 Å². The van der Waals surface area contributed by atoms with Gasteiger partial charge in [-0.3, -0.25) is 4.79 Å². The fraction of sp³-hybridized carbons (Fsp3) is 0.583. The molecule has 1 aliphatic heterocycles. The highest BCUT2D eigenvalue weighted by molar-refractivity contribution is 7.18. The van der Waals surface area contributed by atoms with Gasteiger partial charge in [-0.2, -0.15) is 0 Å². The summed E-state index contributed by atoms with van der Waals surface area (Å²) in [7, 11) is 0. The lowest BCUT2D eigenvalue weighted by atomic mass is 10.0. The van der Waals surface area contributed by atoms with Crippen LogP contribution in [-0.4, -0.2) is 19.0 Å². The second-order valence-corrected chi connectivity index (χ2v) is 5.79. The molecular weight excluding hydrogens is 234 g/mol. The average molecular weight is 253 g/mol. The first kappa shape index (κ1) is 12.2. The summed E-state index contributed by atoms with van der Waals surface area (Å²) in [5, 5.41) is 1.07. The van der Waals surface area contributed by atoms with Crippen LogP contribution in [0.25, 0.3) is 0 Å².